The number of hydrogen-bond acceptors (Lipinski definition) is 5. The van der Waals surface area contributed by atoms with Gasteiger partial charge in [0.25, 0.3) is 5.56 Å². The van der Waals surface area contributed by atoms with Crippen molar-refractivity contribution >= 4 is 16.8 Å². The summed E-state index contributed by atoms with van der Waals surface area (Å²) in [6, 6.07) is 12.7. The maximum atomic E-state index is 12.3. The van der Waals surface area contributed by atoms with Crippen LogP contribution in [-0.4, -0.2) is 38.8 Å². The number of H-pyrrole nitrogens is 1. The lowest BCUT2D eigenvalue weighted by Gasteiger charge is -2.10. The van der Waals surface area contributed by atoms with Crippen molar-refractivity contribution in [2.24, 2.45) is 0 Å². The van der Waals surface area contributed by atoms with Crippen LogP contribution in [0.2, 0.25) is 0 Å². The van der Waals surface area contributed by atoms with Crippen molar-refractivity contribution in [1.82, 2.24) is 10.3 Å². The van der Waals surface area contributed by atoms with E-state index in [-0.39, 0.29) is 17.9 Å². The molecule has 1 aromatic heterocycles. The minimum atomic E-state index is -0.156. The number of fused-ring (bicyclic) bond motifs is 1. The van der Waals surface area contributed by atoms with Crippen LogP contribution in [0.1, 0.15) is 11.1 Å². The Kier molecular flexibility index (Phi) is 6.39. The topological polar surface area (TPSA) is 89.7 Å². The first kappa shape index (κ1) is 20.3. The predicted octanol–water partition coefficient (Wildman–Crippen LogP) is 2.46. The quantitative estimate of drug-likeness (QED) is 0.611. The average molecular weight is 396 g/mol. The van der Waals surface area contributed by atoms with E-state index >= 15 is 0 Å². The van der Waals surface area contributed by atoms with Crippen LogP contribution in [0.15, 0.2) is 47.3 Å². The summed E-state index contributed by atoms with van der Waals surface area (Å²) in [5, 5.41) is 3.74. The molecular formula is C22H24N2O5. The van der Waals surface area contributed by atoms with E-state index < -0.39 is 0 Å². The highest BCUT2D eigenvalue weighted by Crippen LogP contribution is 2.27. The molecule has 2 aromatic carbocycles. The number of rotatable bonds is 8. The van der Waals surface area contributed by atoms with Crippen LogP contribution in [-0.2, 0) is 17.6 Å². The molecule has 29 heavy (non-hydrogen) atoms. The number of amides is 1. The lowest BCUT2D eigenvalue weighted by Crippen LogP contribution is -2.28. The molecule has 0 fully saturated rings. The van der Waals surface area contributed by atoms with Crippen LogP contribution in [0.25, 0.3) is 10.9 Å². The number of nitrogens with one attached hydrogen (secondary N) is 2. The van der Waals surface area contributed by atoms with Gasteiger partial charge in [0, 0.05) is 23.0 Å². The van der Waals surface area contributed by atoms with E-state index in [1.54, 1.807) is 39.5 Å². The molecule has 3 aromatic rings. The summed E-state index contributed by atoms with van der Waals surface area (Å²) in [7, 11) is 4.72. The fourth-order valence-corrected chi connectivity index (χ4v) is 3.12. The van der Waals surface area contributed by atoms with E-state index in [1.165, 1.54) is 0 Å². The van der Waals surface area contributed by atoms with E-state index in [9.17, 15) is 9.59 Å². The molecule has 7 heteroatoms. The second-order valence-corrected chi connectivity index (χ2v) is 6.54. The summed E-state index contributed by atoms with van der Waals surface area (Å²) in [4.78, 5) is 27.4. The zero-order chi connectivity index (χ0) is 20.8. The number of aromatic nitrogens is 1. The summed E-state index contributed by atoms with van der Waals surface area (Å²) in [5.41, 5.74) is 2.02. The molecule has 0 saturated carbocycles. The number of methoxy groups -OCH3 is 3. The van der Waals surface area contributed by atoms with Gasteiger partial charge in [0.15, 0.2) is 11.5 Å². The Balaban J connectivity index is 1.61. The van der Waals surface area contributed by atoms with Crippen LogP contribution < -0.4 is 25.1 Å². The number of ether oxygens (including phenoxy) is 3. The number of carbonyl (C=O) groups excluding carboxylic acids is 1. The van der Waals surface area contributed by atoms with Gasteiger partial charge in [-0.2, -0.15) is 0 Å². The first-order valence-corrected chi connectivity index (χ1v) is 9.21. The van der Waals surface area contributed by atoms with E-state index in [2.05, 4.69) is 10.3 Å². The molecule has 0 aliphatic carbocycles. The van der Waals surface area contributed by atoms with E-state index in [0.717, 1.165) is 22.2 Å². The number of hydrogen-bond donors (Lipinski definition) is 2. The van der Waals surface area contributed by atoms with Gasteiger partial charge in [0.2, 0.25) is 5.91 Å². The van der Waals surface area contributed by atoms with Gasteiger partial charge in [-0.05, 0) is 48.4 Å². The lowest BCUT2D eigenvalue weighted by molar-refractivity contribution is -0.120. The minimum Gasteiger partial charge on any atom is -0.497 e. The molecule has 0 bridgehead atoms. The Morgan fingerprint density at radius 3 is 2.48 bits per heavy atom. The fraction of sp³-hybridized carbons (Fsp3) is 0.273. The smallest absolute Gasteiger partial charge is 0.251 e. The molecule has 3 rings (SSSR count). The largest absolute Gasteiger partial charge is 0.497 e. The predicted molar refractivity (Wildman–Crippen MR) is 111 cm³/mol. The number of pyridine rings is 1. The summed E-state index contributed by atoms with van der Waals surface area (Å²) < 4.78 is 15.7. The highest BCUT2D eigenvalue weighted by molar-refractivity contribution is 5.81. The zero-order valence-electron chi connectivity index (χ0n) is 16.7. The molecule has 7 nitrogen and oxygen atoms in total. The maximum absolute atomic E-state index is 12.3. The third kappa shape index (κ3) is 4.87. The first-order valence-electron chi connectivity index (χ1n) is 9.21. The number of benzene rings is 2. The van der Waals surface area contributed by atoms with Crippen molar-refractivity contribution < 1.29 is 19.0 Å². The molecule has 0 spiro atoms. The summed E-state index contributed by atoms with van der Waals surface area (Å²) in [6.45, 7) is 0.366. The van der Waals surface area contributed by atoms with Crippen molar-refractivity contribution in [2.75, 3.05) is 27.9 Å². The second kappa shape index (κ2) is 9.14. The molecule has 1 amide bonds. The maximum Gasteiger partial charge on any atom is 0.251 e. The number of aromatic amines is 1. The van der Waals surface area contributed by atoms with Gasteiger partial charge in [-0.15, -0.1) is 0 Å². The second-order valence-electron chi connectivity index (χ2n) is 6.54. The van der Waals surface area contributed by atoms with Crippen molar-refractivity contribution in [3.63, 3.8) is 0 Å². The normalized spacial score (nSPS) is 10.6. The third-order valence-electron chi connectivity index (χ3n) is 4.66. The summed E-state index contributed by atoms with van der Waals surface area (Å²) >= 11 is 0. The van der Waals surface area contributed by atoms with Gasteiger partial charge >= 0.3 is 0 Å². The van der Waals surface area contributed by atoms with Gasteiger partial charge in [0.05, 0.1) is 27.8 Å². The molecule has 0 saturated heterocycles. The van der Waals surface area contributed by atoms with Gasteiger partial charge in [0.1, 0.15) is 5.75 Å². The molecule has 1 heterocycles. The summed E-state index contributed by atoms with van der Waals surface area (Å²) in [5.74, 6) is 1.79. The fourth-order valence-electron chi connectivity index (χ4n) is 3.12. The average Bonchev–Trinajstić information content (AvgIpc) is 2.73. The Bertz CT molecular complexity index is 1070. The lowest BCUT2D eigenvalue weighted by atomic mass is 10.1. The van der Waals surface area contributed by atoms with E-state index in [4.69, 9.17) is 14.2 Å². The molecule has 2 N–H and O–H groups in total. The van der Waals surface area contributed by atoms with Gasteiger partial charge in [-0.25, -0.2) is 0 Å². The standard InChI is InChI=1S/C22H24N2O5/c1-27-17-5-6-18-16(13-17)12-15(22(26)24-18)8-9-23-21(25)11-14-4-7-19(28-2)20(10-14)29-3/h4-7,10,12-13H,8-9,11H2,1-3H3,(H,23,25)(H,24,26). The minimum absolute atomic E-state index is 0.129. The molecule has 0 aliphatic heterocycles. The highest BCUT2D eigenvalue weighted by Gasteiger charge is 2.09. The van der Waals surface area contributed by atoms with Crippen molar-refractivity contribution in [3.8, 4) is 17.2 Å². The Labute approximate surface area is 168 Å². The van der Waals surface area contributed by atoms with Crippen molar-refractivity contribution in [2.45, 2.75) is 12.8 Å². The van der Waals surface area contributed by atoms with Gasteiger partial charge in [-0.1, -0.05) is 6.07 Å². The monoisotopic (exact) mass is 396 g/mol. The number of carbonyl (C=O) groups is 1. The Morgan fingerprint density at radius 1 is 0.966 bits per heavy atom. The Hall–Kier alpha value is -3.48. The van der Waals surface area contributed by atoms with Crippen molar-refractivity contribution in [3.05, 3.63) is 63.9 Å². The van der Waals surface area contributed by atoms with Gasteiger partial charge < -0.3 is 24.5 Å². The molecule has 0 unspecified atom stereocenters. The van der Waals surface area contributed by atoms with Crippen LogP contribution in [0.4, 0.5) is 0 Å². The Morgan fingerprint density at radius 2 is 1.76 bits per heavy atom. The van der Waals surface area contributed by atoms with E-state index in [0.29, 0.717) is 30.0 Å². The molecule has 0 atom stereocenters. The van der Waals surface area contributed by atoms with Crippen LogP contribution >= 0.6 is 0 Å². The third-order valence-corrected chi connectivity index (χ3v) is 4.66. The summed E-state index contributed by atoms with van der Waals surface area (Å²) in [6.07, 6.45) is 0.645. The van der Waals surface area contributed by atoms with E-state index in [1.807, 2.05) is 24.3 Å². The van der Waals surface area contributed by atoms with Crippen LogP contribution in [0, 0.1) is 0 Å². The van der Waals surface area contributed by atoms with Crippen molar-refractivity contribution in [1.29, 1.82) is 0 Å². The van der Waals surface area contributed by atoms with Crippen LogP contribution in [0.3, 0.4) is 0 Å². The zero-order valence-corrected chi connectivity index (χ0v) is 16.7. The molecular weight excluding hydrogens is 372 g/mol. The first-order chi connectivity index (χ1) is 14.0. The highest BCUT2D eigenvalue weighted by atomic mass is 16.5. The SMILES string of the molecule is COc1ccc2[nH]c(=O)c(CCNC(=O)Cc3ccc(OC)c(OC)c3)cc2c1. The van der Waals surface area contributed by atoms with Gasteiger partial charge in [-0.3, -0.25) is 9.59 Å². The van der Waals surface area contributed by atoms with Crippen LogP contribution in [0.5, 0.6) is 17.2 Å². The molecule has 152 valence electrons. The molecule has 0 radical (unpaired) electrons. The molecule has 0 aliphatic rings.